The fourth-order valence-corrected chi connectivity index (χ4v) is 2.04. The molecule has 0 atom stereocenters. The number of anilines is 3. The molecule has 102 valence electrons. The van der Waals surface area contributed by atoms with Crippen molar-refractivity contribution in [1.29, 1.82) is 5.26 Å². The van der Waals surface area contributed by atoms with E-state index in [9.17, 15) is 0 Å². The van der Waals surface area contributed by atoms with Gasteiger partial charge in [0.05, 0.1) is 19.6 Å². The summed E-state index contributed by atoms with van der Waals surface area (Å²) in [5.74, 6) is 0.859. The second-order valence-electron chi connectivity index (χ2n) is 4.56. The molecule has 0 aliphatic heterocycles. The lowest BCUT2D eigenvalue weighted by Crippen LogP contribution is -1.97. The maximum Gasteiger partial charge on any atom is 0.121 e. The third-order valence-corrected chi connectivity index (χ3v) is 3.10. The summed E-state index contributed by atoms with van der Waals surface area (Å²) < 4.78 is 5.24. The zero-order valence-corrected chi connectivity index (χ0v) is 11.6. The number of nitriles is 1. The third kappa shape index (κ3) is 3.01. The highest BCUT2D eigenvalue weighted by atomic mass is 16.5. The Labute approximate surface area is 118 Å². The number of ether oxygens (including phenoxy) is 1. The van der Waals surface area contributed by atoms with Gasteiger partial charge < -0.3 is 15.8 Å². The van der Waals surface area contributed by atoms with E-state index in [-0.39, 0.29) is 0 Å². The standard InChI is InChI=1S/C16H17N3O/c1-11-9-13(4-6-16(11)20-2)19-14-3-5-15(18)12(10-14)7-8-17/h3-6,9-10,19H,7,18H2,1-2H3. The quantitative estimate of drug-likeness (QED) is 0.833. The molecule has 0 amide bonds. The average molecular weight is 267 g/mol. The van der Waals surface area contributed by atoms with Crippen molar-refractivity contribution in [2.75, 3.05) is 18.2 Å². The van der Waals surface area contributed by atoms with Crippen LogP contribution in [0.4, 0.5) is 17.1 Å². The molecule has 0 aromatic heterocycles. The normalized spacial score (nSPS) is 9.85. The van der Waals surface area contributed by atoms with Gasteiger partial charge in [-0.05, 0) is 54.4 Å². The fourth-order valence-electron chi connectivity index (χ4n) is 2.04. The number of benzene rings is 2. The van der Waals surface area contributed by atoms with Gasteiger partial charge in [-0.25, -0.2) is 0 Å². The smallest absolute Gasteiger partial charge is 0.121 e. The van der Waals surface area contributed by atoms with Crippen LogP contribution in [0, 0.1) is 18.3 Å². The van der Waals surface area contributed by atoms with E-state index in [1.165, 1.54) is 0 Å². The monoisotopic (exact) mass is 267 g/mol. The minimum atomic E-state index is 0.309. The van der Waals surface area contributed by atoms with E-state index in [1.54, 1.807) is 7.11 Å². The molecule has 0 fully saturated rings. The van der Waals surface area contributed by atoms with E-state index in [2.05, 4.69) is 11.4 Å². The fraction of sp³-hybridized carbons (Fsp3) is 0.188. The summed E-state index contributed by atoms with van der Waals surface area (Å²) in [6, 6.07) is 13.6. The van der Waals surface area contributed by atoms with Crippen LogP contribution in [0.3, 0.4) is 0 Å². The summed E-state index contributed by atoms with van der Waals surface area (Å²) in [5.41, 5.74) is 10.3. The van der Waals surface area contributed by atoms with E-state index in [0.717, 1.165) is 28.3 Å². The van der Waals surface area contributed by atoms with Gasteiger partial charge in [-0.1, -0.05) is 0 Å². The number of hydrogen-bond acceptors (Lipinski definition) is 4. The van der Waals surface area contributed by atoms with Crippen LogP contribution in [0.25, 0.3) is 0 Å². The average Bonchev–Trinajstić information content (AvgIpc) is 2.43. The Morgan fingerprint density at radius 2 is 1.90 bits per heavy atom. The van der Waals surface area contributed by atoms with Crippen LogP contribution < -0.4 is 15.8 Å². The van der Waals surface area contributed by atoms with Crippen molar-refractivity contribution < 1.29 is 4.74 Å². The van der Waals surface area contributed by atoms with Crippen molar-refractivity contribution in [3.63, 3.8) is 0 Å². The van der Waals surface area contributed by atoms with Gasteiger partial charge in [-0.2, -0.15) is 5.26 Å². The van der Waals surface area contributed by atoms with E-state index in [4.69, 9.17) is 15.7 Å². The first-order valence-corrected chi connectivity index (χ1v) is 6.31. The second-order valence-corrected chi connectivity index (χ2v) is 4.56. The molecule has 0 aliphatic carbocycles. The molecule has 20 heavy (non-hydrogen) atoms. The maximum atomic E-state index is 8.78. The molecule has 0 saturated heterocycles. The van der Waals surface area contributed by atoms with Crippen LogP contribution in [0.5, 0.6) is 5.75 Å². The molecule has 4 heteroatoms. The third-order valence-electron chi connectivity index (χ3n) is 3.10. The maximum absolute atomic E-state index is 8.78. The highest BCUT2D eigenvalue weighted by molar-refractivity contribution is 5.66. The SMILES string of the molecule is COc1ccc(Nc2ccc(N)c(CC#N)c2)cc1C. The van der Waals surface area contributed by atoms with Crippen molar-refractivity contribution in [2.24, 2.45) is 0 Å². The van der Waals surface area contributed by atoms with Crippen molar-refractivity contribution >= 4 is 17.1 Å². The Balaban J connectivity index is 2.24. The van der Waals surface area contributed by atoms with Crippen molar-refractivity contribution in [2.45, 2.75) is 13.3 Å². The Morgan fingerprint density at radius 3 is 2.55 bits per heavy atom. The Hall–Kier alpha value is -2.67. The van der Waals surface area contributed by atoms with Crippen molar-refractivity contribution in [3.05, 3.63) is 47.5 Å². The number of methoxy groups -OCH3 is 1. The Kier molecular flexibility index (Phi) is 4.11. The lowest BCUT2D eigenvalue weighted by Gasteiger charge is -2.11. The van der Waals surface area contributed by atoms with E-state index in [0.29, 0.717) is 12.1 Å². The van der Waals surface area contributed by atoms with E-state index in [1.807, 2.05) is 43.3 Å². The van der Waals surface area contributed by atoms with Crippen LogP contribution in [-0.4, -0.2) is 7.11 Å². The molecule has 4 nitrogen and oxygen atoms in total. The summed E-state index contributed by atoms with van der Waals surface area (Å²) in [5, 5.41) is 12.1. The van der Waals surface area contributed by atoms with Crippen molar-refractivity contribution in [1.82, 2.24) is 0 Å². The first kappa shape index (κ1) is 13.8. The number of rotatable bonds is 4. The zero-order valence-electron chi connectivity index (χ0n) is 11.6. The molecule has 0 saturated carbocycles. The van der Waals surface area contributed by atoms with Gasteiger partial charge in [0, 0.05) is 17.1 Å². The zero-order chi connectivity index (χ0) is 14.5. The Bertz CT molecular complexity index is 659. The number of nitrogens with two attached hydrogens (primary N) is 1. The van der Waals surface area contributed by atoms with Crippen LogP contribution in [0.2, 0.25) is 0 Å². The summed E-state index contributed by atoms with van der Waals surface area (Å²) in [4.78, 5) is 0. The molecule has 2 aromatic carbocycles. The second kappa shape index (κ2) is 5.98. The predicted molar refractivity (Wildman–Crippen MR) is 81.2 cm³/mol. The van der Waals surface area contributed by atoms with E-state index >= 15 is 0 Å². The largest absolute Gasteiger partial charge is 0.496 e. The Morgan fingerprint density at radius 1 is 1.20 bits per heavy atom. The van der Waals surface area contributed by atoms with Crippen LogP contribution >= 0.6 is 0 Å². The summed E-state index contributed by atoms with van der Waals surface area (Å²) in [6.07, 6.45) is 0.309. The van der Waals surface area contributed by atoms with Gasteiger partial charge in [0.25, 0.3) is 0 Å². The number of aryl methyl sites for hydroxylation is 1. The molecular weight excluding hydrogens is 250 g/mol. The minimum Gasteiger partial charge on any atom is -0.496 e. The van der Waals surface area contributed by atoms with Gasteiger partial charge in [0.1, 0.15) is 5.75 Å². The molecule has 0 radical (unpaired) electrons. The summed E-state index contributed by atoms with van der Waals surface area (Å²) >= 11 is 0. The molecule has 2 rings (SSSR count). The molecule has 3 N–H and O–H groups in total. The number of hydrogen-bond donors (Lipinski definition) is 2. The van der Waals surface area contributed by atoms with Crippen LogP contribution in [0.15, 0.2) is 36.4 Å². The first-order chi connectivity index (χ1) is 9.63. The summed E-state index contributed by atoms with van der Waals surface area (Å²) in [6.45, 7) is 1.99. The number of nitrogens with zero attached hydrogens (tertiary/aromatic N) is 1. The number of nitrogen functional groups attached to an aromatic ring is 1. The van der Waals surface area contributed by atoms with Gasteiger partial charge >= 0.3 is 0 Å². The minimum absolute atomic E-state index is 0.309. The summed E-state index contributed by atoms with van der Waals surface area (Å²) in [7, 11) is 1.66. The molecule has 2 aromatic rings. The van der Waals surface area contributed by atoms with Gasteiger partial charge in [0.15, 0.2) is 0 Å². The number of nitrogens with one attached hydrogen (secondary N) is 1. The molecule has 0 spiro atoms. The topological polar surface area (TPSA) is 71.1 Å². The molecular formula is C16H17N3O. The van der Waals surface area contributed by atoms with Crippen LogP contribution in [-0.2, 0) is 6.42 Å². The first-order valence-electron chi connectivity index (χ1n) is 6.31. The van der Waals surface area contributed by atoms with Gasteiger partial charge in [-0.15, -0.1) is 0 Å². The van der Waals surface area contributed by atoms with E-state index < -0.39 is 0 Å². The predicted octanol–water partition coefficient (Wildman–Crippen LogP) is 3.40. The lowest BCUT2D eigenvalue weighted by molar-refractivity contribution is 0.412. The van der Waals surface area contributed by atoms with Crippen molar-refractivity contribution in [3.8, 4) is 11.8 Å². The molecule has 0 unspecified atom stereocenters. The molecule has 0 bridgehead atoms. The highest BCUT2D eigenvalue weighted by Crippen LogP contribution is 2.26. The molecule has 0 aliphatic rings. The molecule has 0 heterocycles. The van der Waals surface area contributed by atoms with Gasteiger partial charge in [-0.3, -0.25) is 0 Å². The highest BCUT2D eigenvalue weighted by Gasteiger charge is 2.03. The van der Waals surface area contributed by atoms with Crippen LogP contribution in [0.1, 0.15) is 11.1 Å². The lowest BCUT2D eigenvalue weighted by atomic mass is 10.1. The van der Waals surface area contributed by atoms with Gasteiger partial charge in [0.2, 0.25) is 0 Å².